The lowest BCUT2D eigenvalue weighted by atomic mass is 10.0. The van der Waals surface area contributed by atoms with E-state index in [1.165, 1.54) is 16.7 Å². The molecule has 0 radical (unpaired) electrons. The standard InChI is InChI=1S/C26H38N4O2/c1-19-6-9-22(10-7-19)24(30(4)5)16-29-26(27-3)28-15-23-11-8-20(2)14-25(23)32-18-21-12-13-31-17-21/h6-11,14,21,24H,12-13,15-18H2,1-5H3,(H2,27,28,29). The van der Waals surface area contributed by atoms with E-state index in [9.17, 15) is 0 Å². The third kappa shape index (κ3) is 6.97. The van der Waals surface area contributed by atoms with Crippen LogP contribution in [0.25, 0.3) is 0 Å². The monoisotopic (exact) mass is 438 g/mol. The Balaban J connectivity index is 1.58. The number of rotatable bonds is 9. The maximum atomic E-state index is 6.18. The summed E-state index contributed by atoms with van der Waals surface area (Å²) in [6.07, 6.45) is 1.07. The molecule has 32 heavy (non-hydrogen) atoms. The SMILES string of the molecule is CN=C(NCc1ccc(C)cc1OCC1CCOC1)NCC(c1ccc(C)cc1)N(C)C. The molecule has 0 saturated carbocycles. The first-order chi connectivity index (χ1) is 15.5. The van der Waals surface area contributed by atoms with Crippen LogP contribution in [0.3, 0.4) is 0 Å². The fourth-order valence-electron chi connectivity index (χ4n) is 3.84. The first-order valence-corrected chi connectivity index (χ1v) is 11.4. The highest BCUT2D eigenvalue weighted by Crippen LogP contribution is 2.23. The largest absolute Gasteiger partial charge is 0.493 e. The third-order valence-corrected chi connectivity index (χ3v) is 5.94. The second-order valence-electron chi connectivity index (χ2n) is 8.85. The average molecular weight is 439 g/mol. The molecule has 1 fully saturated rings. The van der Waals surface area contributed by atoms with Gasteiger partial charge in [-0.1, -0.05) is 42.0 Å². The number of hydrogen-bond donors (Lipinski definition) is 2. The highest BCUT2D eigenvalue weighted by Gasteiger charge is 2.18. The number of nitrogens with zero attached hydrogens (tertiary/aromatic N) is 2. The van der Waals surface area contributed by atoms with Crippen molar-refractivity contribution in [3.8, 4) is 5.75 Å². The number of guanidine groups is 1. The van der Waals surface area contributed by atoms with Gasteiger partial charge in [0, 0.05) is 38.2 Å². The maximum Gasteiger partial charge on any atom is 0.191 e. The zero-order valence-electron chi connectivity index (χ0n) is 20.1. The van der Waals surface area contributed by atoms with E-state index in [0.717, 1.165) is 43.5 Å². The van der Waals surface area contributed by atoms with Crippen LogP contribution in [0.15, 0.2) is 47.5 Å². The Labute approximate surface area is 193 Å². The summed E-state index contributed by atoms with van der Waals surface area (Å²) in [4.78, 5) is 6.64. The summed E-state index contributed by atoms with van der Waals surface area (Å²) in [6, 6.07) is 15.3. The summed E-state index contributed by atoms with van der Waals surface area (Å²) in [5, 5.41) is 6.93. The van der Waals surface area contributed by atoms with Gasteiger partial charge in [0.1, 0.15) is 5.75 Å². The molecule has 2 atom stereocenters. The molecule has 0 aromatic heterocycles. The van der Waals surface area contributed by atoms with Crippen molar-refractivity contribution in [2.75, 3.05) is 47.5 Å². The van der Waals surface area contributed by atoms with Crippen molar-refractivity contribution in [1.29, 1.82) is 0 Å². The highest BCUT2D eigenvalue weighted by atomic mass is 16.5. The molecule has 0 aliphatic carbocycles. The highest BCUT2D eigenvalue weighted by molar-refractivity contribution is 5.79. The van der Waals surface area contributed by atoms with E-state index in [2.05, 4.69) is 90.9 Å². The Morgan fingerprint density at radius 2 is 1.88 bits per heavy atom. The van der Waals surface area contributed by atoms with Crippen LogP contribution in [-0.2, 0) is 11.3 Å². The van der Waals surface area contributed by atoms with Crippen molar-refractivity contribution < 1.29 is 9.47 Å². The Morgan fingerprint density at radius 1 is 1.12 bits per heavy atom. The molecule has 0 amide bonds. The van der Waals surface area contributed by atoms with Gasteiger partial charge in [0.25, 0.3) is 0 Å². The molecule has 3 rings (SSSR count). The molecule has 0 spiro atoms. The minimum atomic E-state index is 0.251. The number of nitrogens with one attached hydrogen (secondary N) is 2. The summed E-state index contributed by atoms with van der Waals surface area (Å²) >= 11 is 0. The quantitative estimate of drug-likeness (QED) is 0.462. The van der Waals surface area contributed by atoms with Gasteiger partial charge in [-0.05, 0) is 51.6 Å². The Bertz CT molecular complexity index is 874. The van der Waals surface area contributed by atoms with Gasteiger partial charge in [0.15, 0.2) is 5.96 Å². The fourth-order valence-corrected chi connectivity index (χ4v) is 3.84. The van der Waals surface area contributed by atoms with Gasteiger partial charge in [-0.25, -0.2) is 0 Å². The van der Waals surface area contributed by atoms with Crippen LogP contribution in [0.5, 0.6) is 5.75 Å². The van der Waals surface area contributed by atoms with Gasteiger partial charge in [-0.3, -0.25) is 4.99 Å². The molecule has 1 heterocycles. The first-order valence-electron chi connectivity index (χ1n) is 11.4. The lowest BCUT2D eigenvalue weighted by molar-refractivity contribution is 0.166. The van der Waals surface area contributed by atoms with Gasteiger partial charge in [0.05, 0.1) is 19.3 Å². The van der Waals surface area contributed by atoms with Crippen molar-refractivity contribution in [1.82, 2.24) is 15.5 Å². The van der Waals surface area contributed by atoms with E-state index < -0.39 is 0 Å². The molecule has 6 heteroatoms. The summed E-state index contributed by atoms with van der Waals surface area (Å²) in [6.45, 7) is 7.95. The average Bonchev–Trinajstić information content (AvgIpc) is 3.30. The molecular formula is C26H38N4O2. The van der Waals surface area contributed by atoms with Crippen molar-refractivity contribution in [2.24, 2.45) is 10.9 Å². The van der Waals surface area contributed by atoms with E-state index in [0.29, 0.717) is 19.1 Å². The van der Waals surface area contributed by atoms with Crippen LogP contribution in [0.4, 0.5) is 0 Å². The van der Waals surface area contributed by atoms with Gasteiger partial charge in [-0.2, -0.15) is 0 Å². The molecular weight excluding hydrogens is 400 g/mol. The van der Waals surface area contributed by atoms with E-state index in [4.69, 9.17) is 9.47 Å². The molecule has 2 aromatic rings. The van der Waals surface area contributed by atoms with Crippen LogP contribution < -0.4 is 15.4 Å². The van der Waals surface area contributed by atoms with Crippen LogP contribution in [0, 0.1) is 19.8 Å². The summed E-state index contributed by atoms with van der Waals surface area (Å²) in [5.41, 5.74) is 4.88. The fraction of sp³-hybridized carbons (Fsp3) is 0.500. The van der Waals surface area contributed by atoms with Crippen molar-refractivity contribution in [3.05, 3.63) is 64.7 Å². The minimum Gasteiger partial charge on any atom is -0.493 e. The number of aliphatic imine (C=N–C) groups is 1. The van der Waals surface area contributed by atoms with Crippen molar-refractivity contribution in [3.63, 3.8) is 0 Å². The Hall–Kier alpha value is -2.57. The van der Waals surface area contributed by atoms with Crippen LogP contribution in [0.1, 0.15) is 34.7 Å². The third-order valence-electron chi connectivity index (χ3n) is 5.94. The molecule has 174 valence electrons. The maximum absolute atomic E-state index is 6.18. The predicted molar refractivity (Wildman–Crippen MR) is 131 cm³/mol. The summed E-state index contributed by atoms with van der Waals surface area (Å²) in [5.74, 6) is 2.20. The lowest BCUT2D eigenvalue weighted by Crippen LogP contribution is -2.41. The van der Waals surface area contributed by atoms with E-state index in [-0.39, 0.29) is 6.04 Å². The molecule has 2 N–H and O–H groups in total. The van der Waals surface area contributed by atoms with E-state index >= 15 is 0 Å². The Kier molecular flexibility index (Phi) is 8.94. The smallest absolute Gasteiger partial charge is 0.191 e. The zero-order valence-corrected chi connectivity index (χ0v) is 20.1. The molecule has 1 aliphatic heterocycles. The molecule has 2 aromatic carbocycles. The van der Waals surface area contributed by atoms with Crippen LogP contribution >= 0.6 is 0 Å². The van der Waals surface area contributed by atoms with E-state index in [1.54, 1.807) is 7.05 Å². The summed E-state index contributed by atoms with van der Waals surface area (Å²) < 4.78 is 11.7. The molecule has 1 saturated heterocycles. The predicted octanol–water partition coefficient (Wildman–Crippen LogP) is 3.69. The normalized spacial score (nSPS) is 17.4. The van der Waals surface area contributed by atoms with E-state index in [1.807, 2.05) is 0 Å². The number of hydrogen-bond acceptors (Lipinski definition) is 4. The number of aryl methyl sites for hydroxylation is 2. The van der Waals surface area contributed by atoms with Gasteiger partial charge in [0.2, 0.25) is 0 Å². The number of benzene rings is 2. The molecule has 1 aliphatic rings. The number of ether oxygens (including phenoxy) is 2. The summed E-state index contributed by atoms with van der Waals surface area (Å²) in [7, 11) is 6.01. The van der Waals surface area contributed by atoms with Gasteiger partial charge in [-0.15, -0.1) is 0 Å². The minimum absolute atomic E-state index is 0.251. The molecule has 0 bridgehead atoms. The van der Waals surface area contributed by atoms with Crippen LogP contribution in [-0.4, -0.2) is 58.4 Å². The second kappa shape index (κ2) is 11.9. The van der Waals surface area contributed by atoms with Crippen molar-refractivity contribution in [2.45, 2.75) is 32.9 Å². The molecule has 6 nitrogen and oxygen atoms in total. The van der Waals surface area contributed by atoms with Crippen molar-refractivity contribution >= 4 is 5.96 Å². The Morgan fingerprint density at radius 3 is 2.53 bits per heavy atom. The first kappa shape index (κ1) is 24.1. The topological polar surface area (TPSA) is 58.1 Å². The molecule has 2 unspecified atom stereocenters. The van der Waals surface area contributed by atoms with Crippen LogP contribution in [0.2, 0.25) is 0 Å². The lowest BCUT2D eigenvalue weighted by Gasteiger charge is -2.26. The zero-order chi connectivity index (χ0) is 22.9. The van der Waals surface area contributed by atoms with Gasteiger partial charge >= 0.3 is 0 Å². The number of likely N-dealkylation sites (N-methyl/N-ethyl adjacent to an activating group) is 1. The van der Waals surface area contributed by atoms with Gasteiger partial charge < -0.3 is 25.0 Å². The second-order valence-corrected chi connectivity index (χ2v) is 8.85.